The van der Waals surface area contributed by atoms with E-state index in [9.17, 15) is 13.2 Å². The van der Waals surface area contributed by atoms with Crippen LogP contribution in [0.3, 0.4) is 0 Å². The third kappa shape index (κ3) is 4.36. The van der Waals surface area contributed by atoms with Crippen LogP contribution in [-0.4, -0.2) is 18.1 Å². The quantitative estimate of drug-likeness (QED) is 0.574. The van der Waals surface area contributed by atoms with Gasteiger partial charge in [0.15, 0.2) is 0 Å². The normalized spacial score (nSPS) is 12.5. The van der Waals surface area contributed by atoms with E-state index >= 15 is 0 Å². The van der Waals surface area contributed by atoms with Gasteiger partial charge in [-0.05, 0) is 24.0 Å². The second kappa shape index (κ2) is 6.80. The van der Waals surface area contributed by atoms with Gasteiger partial charge in [0.05, 0.1) is 6.54 Å². The van der Waals surface area contributed by atoms with Crippen LogP contribution in [0.5, 0.6) is 0 Å². The summed E-state index contributed by atoms with van der Waals surface area (Å²) in [6.07, 6.45) is -2.58. The van der Waals surface area contributed by atoms with Gasteiger partial charge in [0.2, 0.25) is 0 Å². The molecular formula is C16H14F3NS. The molecule has 0 spiro atoms. The van der Waals surface area contributed by atoms with Crippen LogP contribution in [0.1, 0.15) is 11.1 Å². The van der Waals surface area contributed by atoms with Crippen LogP contribution in [0.25, 0.3) is 0 Å². The van der Waals surface area contributed by atoms with Gasteiger partial charge in [0.25, 0.3) is 0 Å². The smallest absolute Gasteiger partial charge is 0.275 e. The van der Waals surface area contributed by atoms with Crippen LogP contribution in [0, 0.1) is 0 Å². The van der Waals surface area contributed by atoms with Gasteiger partial charge in [-0.25, -0.2) is 0 Å². The van der Waals surface area contributed by atoms with Crippen molar-refractivity contribution in [2.24, 2.45) is 4.99 Å². The van der Waals surface area contributed by atoms with Crippen LogP contribution < -0.4 is 0 Å². The fourth-order valence-corrected chi connectivity index (χ4v) is 2.26. The predicted molar refractivity (Wildman–Crippen MR) is 81.0 cm³/mol. The molecule has 2 rings (SSSR count). The van der Waals surface area contributed by atoms with Crippen molar-refractivity contribution in [3.63, 3.8) is 0 Å². The van der Waals surface area contributed by atoms with Crippen molar-refractivity contribution in [3.05, 3.63) is 65.7 Å². The Morgan fingerprint density at radius 2 is 1.62 bits per heavy atom. The Hall–Kier alpha value is -1.75. The average molecular weight is 309 g/mol. The lowest BCUT2D eigenvalue weighted by Crippen LogP contribution is -2.24. The monoisotopic (exact) mass is 309 g/mol. The molecule has 0 radical (unpaired) electrons. The van der Waals surface area contributed by atoms with Crippen molar-refractivity contribution in [1.29, 1.82) is 0 Å². The Labute approximate surface area is 125 Å². The van der Waals surface area contributed by atoms with Crippen molar-refractivity contribution in [1.82, 2.24) is 0 Å². The van der Waals surface area contributed by atoms with Gasteiger partial charge in [0.1, 0.15) is 5.71 Å². The van der Waals surface area contributed by atoms with E-state index in [1.807, 2.05) is 12.3 Å². The number of thioether (sulfide) groups is 1. The number of hydrogen-bond acceptors (Lipinski definition) is 2. The van der Waals surface area contributed by atoms with Crippen molar-refractivity contribution in [2.45, 2.75) is 17.6 Å². The number of aliphatic imine (C=N–C) groups is 1. The first-order valence-electron chi connectivity index (χ1n) is 6.30. The Balaban J connectivity index is 2.30. The van der Waals surface area contributed by atoms with Gasteiger partial charge in [0, 0.05) is 10.5 Å². The number of halogens is 3. The SMILES string of the molecule is CSc1ccc(C(=NCc2ccccc2)C(F)(F)F)cc1. The zero-order valence-corrected chi connectivity index (χ0v) is 12.2. The molecule has 0 fully saturated rings. The van der Waals surface area contributed by atoms with E-state index in [1.54, 1.807) is 36.4 Å². The summed E-state index contributed by atoms with van der Waals surface area (Å²) in [6, 6.07) is 15.2. The Bertz CT molecular complexity index is 604. The predicted octanol–water partition coefficient (Wildman–Crippen LogP) is 4.96. The van der Waals surface area contributed by atoms with Gasteiger partial charge in [-0.3, -0.25) is 4.99 Å². The molecule has 110 valence electrons. The van der Waals surface area contributed by atoms with Crippen molar-refractivity contribution < 1.29 is 13.2 Å². The standard InChI is InChI=1S/C16H14F3NS/c1-21-14-9-7-13(8-10-14)15(16(17,18)19)20-11-12-5-3-2-4-6-12/h2-10H,11H2,1H3. The maximum atomic E-state index is 13.2. The average Bonchev–Trinajstić information content (AvgIpc) is 2.48. The maximum Gasteiger partial charge on any atom is 0.433 e. The number of rotatable bonds is 4. The van der Waals surface area contributed by atoms with Crippen LogP contribution in [0.2, 0.25) is 0 Å². The lowest BCUT2D eigenvalue weighted by molar-refractivity contribution is -0.0582. The molecule has 1 nitrogen and oxygen atoms in total. The molecule has 0 aromatic heterocycles. The van der Waals surface area contributed by atoms with Gasteiger partial charge in [-0.15, -0.1) is 11.8 Å². The topological polar surface area (TPSA) is 12.4 Å². The number of hydrogen-bond donors (Lipinski definition) is 0. The molecule has 0 saturated heterocycles. The molecule has 21 heavy (non-hydrogen) atoms. The highest BCUT2D eigenvalue weighted by molar-refractivity contribution is 7.98. The second-order valence-corrected chi connectivity index (χ2v) is 5.26. The van der Waals surface area contributed by atoms with Crippen LogP contribution in [-0.2, 0) is 6.54 Å². The molecule has 0 bridgehead atoms. The molecule has 0 aliphatic rings. The summed E-state index contributed by atoms with van der Waals surface area (Å²) < 4.78 is 39.5. The minimum absolute atomic E-state index is 0.0139. The lowest BCUT2D eigenvalue weighted by atomic mass is 10.1. The zero-order valence-electron chi connectivity index (χ0n) is 11.4. The largest absolute Gasteiger partial charge is 0.433 e. The molecule has 0 unspecified atom stereocenters. The lowest BCUT2D eigenvalue weighted by Gasteiger charge is -2.11. The van der Waals surface area contributed by atoms with Crippen LogP contribution in [0.15, 0.2) is 64.5 Å². The van der Waals surface area contributed by atoms with Crippen LogP contribution >= 0.6 is 11.8 Å². The molecule has 2 aromatic rings. The van der Waals surface area contributed by atoms with Crippen LogP contribution in [0.4, 0.5) is 13.2 Å². The molecule has 0 saturated carbocycles. The fraction of sp³-hybridized carbons (Fsp3) is 0.188. The van der Waals surface area contributed by atoms with Gasteiger partial charge in [-0.1, -0.05) is 42.5 Å². The zero-order chi connectivity index (χ0) is 15.3. The molecule has 0 aliphatic carbocycles. The molecule has 2 aromatic carbocycles. The Morgan fingerprint density at radius 1 is 1.00 bits per heavy atom. The molecule has 5 heteroatoms. The van der Waals surface area contributed by atoms with Crippen molar-refractivity contribution in [3.8, 4) is 0 Å². The summed E-state index contributed by atoms with van der Waals surface area (Å²) in [7, 11) is 0. The van der Waals surface area contributed by atoms with E-state index in [0.29, 0.717) is 0 Å². The van der Waals surface area contributed by atoms with Gasteiger partial charge in [-0.2, -0.15) is 13.2 Å². The number of alkyl halides is 3. The van der Waals surface area contributed by atoms with E-state index in [4.69, 9.17) is 0 Å². The van der Waals surface area contributed by atoms with E-state index in [1.165, 1.54) is 23.9 Å². The minimum Gasteiger partial charge on any atom is -0.275 e. The first-order valence-corrected chi connectivity index (χ1v) is 7.53. The Morgan fingerprint density at radius 3 is 2.14 bits per heavy atom. The van der Waals surface area contributed by atoms with E-state index in [0.717, 1.165) is 10.5 Å². The molecular weight excluding hydrogens is 295 g/mol. The van der Waals surface area contributed by atoms with E-state index in [-0.39, 0.29) is 12.1 Å². The summed E-state index contributed by atoms with van der Waals surface area (Å²) in [6.45, 7) is 0.0139. The first kappa shape index (κ1) is 15.6. The van der Waals surface area contributed by atoms with E-state index in [2.05, 4.69) is 4.99 Å². The fourth-order valence-electron chi connectivity index (χ4n) is 1.85. The molecule has 0 atom stereocenters. The third-order valence-corrected chi connectivity index (χ3v) is 3.64. The second-order valence-electron chi connectivity index (χ2n) is 4.38. The molecule has 0 aliphatic heterocycles. The van der Waals surface area contributed by atoms with Crippen molar-refractivity contribution >= 4 is 17.5 Å². The third-order valence-electron chi connectivity index (χ3n) is 2.89. The summed E-state index contributed by atoms with van der Waals surface area (Å²) in [4.78, 5) is 4.70. The molecule has 0 amide bonds. The summed E-state index contributed by atoms with van der Waals surface area (Å²) >= 11 is 1.49. The number of benzene rings is 2. The van der Waals surface area contributed by atoms with Crippen molar-refractivity contribution in [2.75, 3.05) is 6.26 Å². The first-order chi connectivity index (χ1) is 10.0. The minimum atomic E-state index is -4.46. The maximum absolute atomic E-state index is 13.2. The highest BCUT2D eigenvalue weighted by Gasteiger charge is 2.36. The summed E-state index contributed by atoms with van der Waals surface area (Å²) in [5, 5.41) is 0. The van der Waals surface area contributed by atoms with E-state index < -0.39 is 11.9 Å². The highest BCUT2D eigenvalue weighted by atomic mass is 32.2. The Kier molecular flexibility index (Phi) is 5.07. The van der Waals surface area contributed by atoms with Gasteiger partial charge >= 0.3 is 6.18 Å². The highest BCUT2D eigenvalue weighted by Crippen LogP contribution is 2.25. The summed E-state index contributed by atoms with van der Waals surface area (Å²) in [5.41, 5.74) is 0.00946. The molecule has 0 heterocycles. The van der Waals surface area contributed by atoms with Gasteiger partial charge < -0.3 is 0 Å². The molecule has 0 N–H and O–H groups in total. The number of nitrogens with zero attached hydrogens (tertiary/aromatic N) is 1. The summed E-state index contributed by atoms with van der Waals surface area (Å²) in [5.74, 6) is 0.